The molecule has 0 amide bonds. The van der Waals surface area contributed by atoms with Crippen molar-refractivity contribution >= 4 is 17.3 Å². The maximum absolute atomic E-state index is 6.63. The molecule has 0 spiro atoms. The molecule has 0 fully saturated rings. The highest BCUT2D eigenvalue weighted by atomic mass is 32.2. The van der Waals surface area contributed by atoms with Crippen LogP contribution in [0.3, 0.4) is 0 Å². The molecular weight excluding hydrogens is 130 g/mol. The fourth-order valence-electron chi connectivity index (χ4n) is 0.161. The van der Waals surface area contributed by atoms with Crippen LogP contribution in [0.1, 0.15) is 27.7 Å². The van der Waals surface area contributed by atoms with E-state index in [4.69, 9.17) is 5.41 Å². The Morgan fingerprint density at radius 3 is 2.00 bits per heavy atom. The maximum Gasteiger partial charge on any atom is 0.0551 e. The summed E-state index contributed by atoms with van der Waals surface area (Å²) in [6, 6.07) is 0. The van der Waals surface area contributed by atoms with E-state index in [2.05, 4.69) is 0 Å². The first-order valence-corrected chi connectivity index (χ1v) is 3.97. The highest BCUT2D eigenvalue weighted by molar-refractivity contribution is 8.15. The van der Waals surface area contributed by atoms with Crippen LogP contribution in [0.25, 0.3) is 0 Å². The third-order valence-electron chi connectivity index (χ3n) is 0.651. The summed E-state index contributed by atoms with van der Waals surface area (Å²) in [5, 5.41) is 6.63. The van der Waals surface area contributed by atoms with Gasteiger partial charge < -0.3 is 5.41 Å². The van der Waals surface area contributed by atoms with E-state index >= 15 is 0 Å². The van der Waals surface area contributed by atoms with Crippen LogP contribution in [0.4, 0.5) is 0 Å². The number of hydrogen-bond acceptors (Lipinski definition) is 2. The van der Waals surface area contributed by atoms with Gasteiger partial charge in [-0.1, -0.05) is 31.7 Å². The monoisotopic (exact) mass is 145 g/mol. The zero-order valence-corrected chi connectivity index (χ0v) is 7.38. The lowest BCUT2D eigenvalue weighted by Gasteiger charge is -1.85. The predicted molar refractivity (Wildman–Crippen MR) is 47.2 cm³/mol. The summed E-state index contributed by atoms with van der Waals surface area (Å²) in [5.41, 5.74) is 1.33. The van der Waals surface area contributed by atoms with Gasteiger partial charge in [-0.3, -0.25) is 0 Å². The molecule has 0 atom stereocenters. The van der Waals surface area contributed by atoms with Gasteiger partial charge in [-0.2, -0.15) is 0 Å². The number of nitrogens with one attached hydrogen (secondary N) is 1. The Balaban J connectivity index is 0. The van der Waals surface area contributed by atoms with Crippen LogP contribution >= 0.6 is 11.8 Å². The molecule has 1 nitrogen and oxygen atoms in total. The van der Waals surface area contributed by atoms with Gasteiger partial charge in [-0.25, -0.2) is 0 Å². The highest BCUT2D eigenvalue weighted by Crippen LogP contribution is 2.08. The number of hydrogen-bond donors (Lipinski definition) is 1. The van der Waals surface area contributed by atoms with Gasteiger partial charge in [0.25, 0.3) is 0 Å². The first-order valence-electron chi connectivity index (χ1n) is 3.09. The van der Waals surface area contributed by atoms with Crippen molar-refractivity contribution in [3.05, 3.63) is 11.0 Å². The molecule has 9 heavy (non-hydrogen) atoms. The van der Waals surface area contributed by atoms with E-state index in [-0.39, 0.29) is 0 Å². The largest absolute Gasteiger partial charge is 0.302 e. The fourth-order valence-corrected chi connectivity index (χ4v) is 0.483. The summed E-state index contributed by atoms with van der Waals surface area (Å²) in [6.45, 7) is 7.95. The van der Waals surface area contributed by atoms with Gasteiger partial charge in [-0.05, 0) is 18.8 Å². The molecule has 0 bridgehead atoms. The lowest BCUT2D eigenvalue weighted by atomic mass is 10.6. The summed E-state index contributed by atoms with van der Waals surface area (Å²) < 4.78 is 0. The minimum absolute atomic E-state index is 1.18. The summed E-state index contributed by atoms with van der Waals surface area (Å²) in [5.74, 6) is 0. The highest BCUT2D eigenvalue weighted by Gasteiger charge is 1.77. The molecule has 0 saturated carbocycles. The third-order valence-corrected chi connectivity index (χ3v) is 1.38. The Kier molecular flexibility index (Phi) is 13.7. The van der Waals surface area contributed by atoms with Crippen LogP contribution in [0.15, 0.2) is 11.0 Å². The van der Waals surface area contributed by atoms with Crippen molar-refractivity contribution in [2.45, 2.75) is 27.7 Å². The molecule has 54 valence electrons. The third kappa shape index (κ3) is 11.4. The van der Waals surface area contributed by atoms with Gasteiger partial charge >= 0.3 is 0 Å². The average Bonchev–Trinajstić information content (AvgIpc) is 1.93. The van der Waals surface area contributed by atoms with E-state index in [1.54, 1.807) is 0 Å². The van der Waals surface area contributed by atoms with Crippen LogP contribution < -0.4 is 0 Å². The van der Waals surface area contributed by atoms with E-state index in [0.717, 1.165) is 0 Å². The topological polar surface area (TPSA) is 23.9 Å². The Hall–Kier alpha value is -0.240. The number of allylic oxidation sites excluding steroid dienone is 2. The van der Waals surface area contributed by atoms with Crippen molar-refractivity contribution in [3.63, 3.8) is 0 Å². The maximum atomic E-state index is 6.63. The minimum atomic E-state index is 1.18. The molecule has 0 unspecified atom stereocenters. The van der Waals surface area contributed by atoms with Crippen molar-refractivity contribution in [3.8, 4) is 0 Å². The second kappa shape index (κ2) is 10.7. The Morgan fingerprint density at radius 2 is 1.89 bits per heavy atom. The van der Waals surface area contributed by atoms with Crippen LogP contribution in [-0.2, 0) is 0 Å². The quantitative estimate of drug-likeness (QED) is 0.468. The first-order chi connectivity index (χ1) is 4.31. The molecule has 2 heteroatoms. The van der Waals surface area contributed by atoms with Gasteiger partial charge in [0, 0.05) is 0 Å². The molecule has 0 saturated heterocycles. The summed E-state index contributed by atoms with van der Waals surface area (Å²) in [7, 11) is 0. The number of rotatable bonds is 2. The van der Waals surface area contributed by atoms with Gasteiger partial charge in [-0.15, -0.1) is 0 Å². The summed E-state index contributed by atoms with van der Waals surface area (Å²) >= 11 is 1.43. The Morgan fingerprint density at radius 1 is 1.44 bits per heavy atom. The van der Waals surface area contributed by atoms with Crippen molar-refractivity contribution < 1.29 is 0 Å². The Labute approximate surface area is 62.1 Å². The van der Waals surface area contributed by atoms with Gasteiger partial charge in [0.1, 0.15) is 0 Å². The van der Waals surface area contributed by atoms with Crippen LogP contribution in [0.5, 0.6) is 0 Å². The van der Waals surface area contributed by atoms with Crippen molar-refractivity contribution in [1.82, 2.24) is 0 Å². The first kappa shape index (κ1) is 11.5. The SMILES string of the molecule is C/C=C(/C)SC=N.CC. The second-order valence-electron chi connectivity index (χ2n) is 1.14. The van der Waals surface area contributed by atoms with E-state index in [9.17, 15) is 0 Å². The molecule has 0 radical (unpaired) electrons. The average molecular weight is 145 g/mol. The summed E-state index contributed by atoms with van der Waals surface area (Å²) in [4.78, 5) is 1.18. The molecule has 0 heterocycles. The van der Waals surface area contributed by atoms with E-state index < -0.39 is 0 Å². The molecule has 0 aliphatic rings. The predicted octanol–water partition coefficient (Wildman–Crippen LogP) is 3.28. The van der Waals surface area contributed by atoms with Crippen LogP contribution in [-0.4, -0.2) is 5.55 Å². The van der Waals surface area contributed by atoms with Gasteiger partial charge in [0.15, 0.2) is 0 Å². The molecule has 0 aliphatic heterocycles. The summed E-state index contributed by atoms with van der Waals surface area (Å²) in [6.07, 6.45) is 1.98. The van der Waals surface area contributed by atoms with Crippen LogP contribution in [0, 0.1) is 5.41 Å². The normalized spacial score (nSPS) is 9.56. The number of thioether (sulfide) groups is 1. The standard InChI is InChI=1S/C5H9NS.C2H6/c1-3-5(2)7-4-6;1-2/h3-4,6H,1-2H3;1-2H3/b5-3-,6-4?;. The van der Waals surface area contributed by atoms with Crippen molar-refractivity contribution in [1.29, 1.82) is 5.41 Å². The van der Waals surface area contributed by atoms with E-state index in [1.165, 1.54) is 22.2 Å². The zero-order chi connectivity index (χ0) is 7.70. The molecule has 0 aliphatic carbocycles. The molecule has 1 N–H and O–H groups in total. The molecule has 0 rings (SSSR count). The smallest absolute Gasteiger partial charge is 0.0551 e. The van der Waals surface area contributed by atoms with Crippen molar-refractivity contribution in [2.24, 2.45) is 0 Å². The fraction of sp³-hybridized carbons (Fsp3) is 0.571. The second-order valence-corrected chi connectivity index (χ2v) is 2.25. The molecule has 0 aromatic rings. The minimum Gasteiger partial charge on any atom is -0.302 e. The molecule has 0 aromatic heterocycles. The van der Waals surface area contributed by atoms with E-state index in [1.807, 2.05) is 33.8 Å². The zero-order valence-electron chi connectivity index (χ0n) is 6.56. The van der Waals surface area contributed by atoms with Gasteiger partial charge in [0.05, 0.1) is 5.55 Å². The van der Waals surface area contributed by atoms with Crippen LogP contribution in [0.2, 0.25) is 0 Å². The lowest BCUT2D eigenvalue weighted by Crippen LogP contribution is -1.61. The Bertz CT molecular complexity index is 86.9. The lowest BCUT2D eigenvalue weighted by molar-refractivity contribution is 1.50. The molecule has 0 aromatic carbocycles. The van der Waals surface area contributed by atoms with Gasteiger partial charge in [0.2, 0.25) is 0 Å². The van der Waals surface area contributed by atoms with Crippen molar-refractivity contribution in [2.75, 3.05) is 0 Å². The molecular formula is C7H15NS. The van der Waals surface area contributed by atoms with E-state index in [0.29, 0.717) is 0 Å².